The van der Waals surface area contributed by atoms with Gasteiger partial charge in [-0.3, -0.25) is 4.79 Å². The fourth-order valence-corrected chi connectivity index (χ4v) is 1.50. The lowest BCUT2D eigenvalue weighted by atomic mass is 10.3. The van der Waals surface area contributed by atoms with Crippen molar-refractivity contribution in [2.24, 2.45) is 0 Å². The summed E-state index contributed by atoms with van der Waals surface area (Å²) < 4.78 is 2.09. The number of aromatic nitrogens is 2. The van der Waals surface area contributed by atoms with Gasteiger partial charge in [-0.2, -0.15) is 0 Å². The van der Waals surface area contributed by atoms with Crippen LogP contribution in [0.4, 0.5) is 0 Å². The highest BCUT2D eigenvalue weighted by Crippen LogP contribution is 2.08. The van der Waals surface area contributed by atoms with Gasteiger partial charge in [0.05, 0.1) is 18.1 Å². The number of nitrogens with zero attached hydrogens (tertiary/aromatic N) is 2. The van der Waals surface area contributed by atoms with Crippen LogP contribution in [0.3, 0.4) is 0 Å². The molecule has 0 saturated heterocycles. The molecule has 2 N–H and O–H groups in total. The minimum atomic E-state index is -0.194. The normalized spacial score (nSPS) is 12.8. The van der Waals surface area contributed by atoms with Gasteiger partial charge in [0.25, 0.3) is 0 Å². The van der Waals surface area contributed by atoms with E-state index in [1.807, 2.05) is 19.4 Å². The van der Waals surface area contributed by atoms with Crippen molar-refractivity contribution in [2.45, 2.75) is 39.4 Å². The van der Waals surface area contributed by atoms with E-state index in [0.717, 1.165) is 5.69 Å². The van der Waals surface area contributed by atoms with Crippen molar-refractivity contribution in [3.05, 3.63) is 18.2 Å². The lowest BCUT2D eigenvalue weighted by molar-refractivity contribution is -0.122. The van der Waals surface area contributed by atoms with E-state index in [1.54, 1.807) is 7.05 Å². The predicted octanol–water partition coefficient (Wildman–Crippen LogP) is 0.688. The molecule has 1 atom stereocenters. The second kappa shape index (κ2) is 5.65. The van der Waals surface area contributed by atoms with E-state index in [0.29, 0.717) is 12.6 Å². The molecule has 90 valence electrons. The summed E-state index contributed by atoms with van der Waals surface area (Å²) in [5, 5.41) is 5.77. The van der Waals surface area contributed by atoms with E-state index in [-0.39, 0.29) is 11.9 Å². The Morgan fingerprint density at radius 2 is 2.19 bits per heavy atom. The minimum Gasteiger partial charge on any atom is -0.358 e. The first-order valence-corrected chi connectivity index (χ1v) is 5.52. The summed E-state index contributed by atoms with van der Waals surface area (Å²) in [6.07, 6.45) is 3.63. The monoisotopic (exact) mass is 224 g/mol. The maximum absolute atomic E-state index is 11.3. The largest absolute Gasteiger partial charge is 0.358 e. The number of likely N-dealkylation sites (N-methyl/N-ethyl adjacent to an activating group) is 1. The number of rotatable bonds is 5. The molecule has 1 rings (SSSR count). The van der Waals surface area contributed by atoms with Crippen molar-refractivity contribution in [3.8, 4) is 0 Å². The molecular formula is C11H20N4O. The molecule has 5 nitrogen and oxygen atoms in total. The highest BCUT2D eigenvalue weighted by atomic mass is 16.2. The fraction of sp³-hybridized carbons (Fsp3) is 0.636. The van der Waals surface area contributed by atoms with Crippen LogP contribution < -0.4 is 10.6 Å². The van der Waals surface area contributed by atoms with Crippen LogP contribution in [0.1, 0.15) is 32.5 Å². The quantitative estimate of drug-likeness (QED) is 0.773. The average molecular weight is 224 g/mol. The fourth-order valence-electron chi connectivity index (χ4n) is 1.50. The maximum Gasteiger partial charge on any atom is 0.236 e. The molecule has 1 amide bonds. The van der Waals surface area contributed by atoms with Crippen LogP contribution in [0.5, 0.6) is 0 Å². The molecule has 5 heteroatoms. The van der Waals surface area contributed by atoms with E-state index in [1.165, 1.54) is 0 Å². The van der Waals surface area contributed by atoms with Crippen LogP contribution >= 0.6 is 0 Å². The Bertz CT molecular complexity index is 346. The molecule has 1 unspecified atom stereocenters. The lowest BCUT2D eigenvalue weighted by Gasteiger charge is -2.15. The van der Waals surface area contributed by atoms with Crippen molar-refractivity contribution >= 4 is 5.91 Å². The lowest BCUT2D eigenvalue weighted by Crippen LogP contribution is -2.40. The molecule has 0 aliphatic rings. The number of nitrogens with one attached hydrogen (secondary N) is 2. The predicted molar refractivity (Wildman–Crippen MR) is 63.0 cm³/mol. The smallest absolute Gasteiger partial charge is 0.236 e. The molecule has 1 aromatic rings. The van der Waals surface area contributed by atoms with Crippen molar-refractivity contribution in [1.82, 2.24) is 20.2 Å². The topological polar surface area (TPSA) is 59.0 Å². The number of carbonyl (C=O) groups is 1. The van der Waals surface area contributed by atoms with Gasteiger partial charge in [-0.25, -0.2) is 4.98 Å². The molecule has 16 heavy (non-hydrogen) atoms. The van der Waals surface area contributed by atoms with Crippen LogP contribution in [-0.2, 0) is 11.3 Å². The third kappa shape index (κ3) is 3.06. The number of imidazole rings is 1. The van der Waals surface area contributed by atoms with Crippen molar-refractivity contribution in [3.63, 3.8) is 0 Å². The van der Waals surface area contributed by atoms with Crippen molar-refractivity contribution < 1.29 is 4.79 Å². The molecular weight excluding hydrogens is 204 g/mol. The van der Waals surface area contributed by atoms with Crippen LogP contribution in [0, 0.1) is 0 Å². The molecule has 1 heterocycles. The maximum atomic E-state index is 11.3. The first-order chi connectivity index (χ1) is 7.56. The van der Waals surface area contributed by atoms with Crippen molar-refractivity contribution in [2.75, 3.05) is 7.05 Å². The van der Waals surface area contributed by atoms with Crippen LogP contribution in [0.15, 0.2) is 12.5 Å². The molecule has 1 aromatic heterocycles. The van der Waals surface area contributed by atoms with E-state index >= 15 is 0 Å². The SMILES string of the molecule is CNC(=O)C(C)NCc1cncn1C(C)C. The summed E-state index contributed by atoms with van der Waals surface area (Å²) in [5.41, 5.74) is 1.09. The summed E-state index contributed by atoms with van der Waals surface area (Å²) >= 11 is 0. The second-order valence-electron chi connectivity index (χ2n) is 4.10. The molecule has 0 spiro atoms. The number of hydrogen-bond acceptors (Lipinski definition) is 3. The number of amides is 1. The summed E-state index contributed by atoms with van der Waals surface area (Å²) in [7, 11) is 1.64. The van der Waals surface area contributed by atoms with Gasteiger partial charge in [0, 0.05) is 25.8 Å². The van der Waals surface area contributed by atoms with Gasteiger partial charge in [-0.15, -0.1) is 0 Å². The van der Waals surface area contributed by atoms with Gasteiger partial charge in [0.2, 0.25) is 5.91 Å². The van der Waals surface area contributed by atoms with E-state index in [9.17, 15) is 4.79 Å². The number of carbonyl (C=O) groups excluding carboxylic acids is 1. The number of hydrogen-bond donors (Lipinski definition) is 2. The Hall–Kier alpha value is -1.36. The Kier molecular flexibility index (Phi) is 4.49. The zero-order valence-corrected chi connectivity index (χ0v) is 10.3. The summed E-state index contributed by atoms with van der Waals surface area (Å²) in [6.45, 7) is 6.70. The Labute approximate surface area is 96.3 Å². The standard InChI is InChI=1S/C11H20N4O/c1-8(2)15-7-13-5-10(15)6-14-9(3)11(16)12-4/h5,7-9,14H,6H2,1-4H3,(H,12,16). The van der Waals surface area contributed by atoms with Crippen LogP contribution in [-0.4, -0.2) is 28.5 Å². The Balaban J connectivity index is 2.54. The first kappa shape index (κ1) is 12.7. The molecule has 0 fully saturated rings. The molecule has 0 aliphatic heterocycles. The summed E-state index contributed by atoms with van der Waals surface area (Å²) in [6, 6.07) is 0.190. The highest BCUT2D eigenvalue weighted by Gasteiger charge is 2.11. The molecule has 0 saturated carbocycles. The zero-order valence-electron chi connectivity index (χ0n) is 10.3. The Morgan fingerprint density at radius 3 is 2.75 bits per heavy atom. The van der Waals surface area contributed by atoms with Gasteiger partial charge >= 0.3 is 0 Å². The van der Waals surface area contributed by atoms with Gasteiger partial charge in [0.1, 0.15) is 0 Å². The van der Waals surface area contributed by atoms with E-state index < -0.39 is 0 Å². The van der Waals surface area contributed by atoms with Crippen LogP contribution in [0.2, 0.25) is 0 Å². The van der Waals surface area contributed by atoms with E-state index in [4.69, 9.17) is 0 Å². The van der Waals surface area contributed by atoms with Gasteiger partial charge in [-0.05, 0) is 20.8 Å². The van der Waals surface area contributed by atoms with Gasteiger partial charge in [-0.1, -0.05) is 0 Å². The first-order valence-electron chi connectivity index (χ1n) is 5.52. The minimum absolute atomic E-state index is 0.00406. The van der Waals surface area contributed by atoms with Crippen molar-refractivity contribution in [1.29, 1.82) is 0 Å². The molecule has 0 aromatic carbocycles. The average Bonchev–Trinajstić information content (AvgIpc) is 2.72. The third-order valence-electron chi connectivity index (χ3n) is 2.53. The molecule has 0 aliphatic carbocycles. The molecule has 0 bridgehead atoms. The summed E-state index contributed by atoms with van der Waals surface area (Å²) in [4.78, 5) is 15.4. The molecule has 0 radical (unpaired) electrons. The van der Waals surface area contributed by atoms with Crippen LogP contribution in [0.25, 0.3) is 0 Å². The third-order valence-corrected chi connectivity index (χ3v) is 2.53. The van der Waals surface area contributed by atoms with E-state index in [2.05, 4.69) is 34.0 Å². The zero-order chi connectivity index (χ0) is 12.1. The highest BCUT2D eigenvalue weighted by molar-refractivity contribution is 5.80. The van der Waals surface area contributed by atoms with Gasteiger partial charge < -0.3 is 15.2 Å². The van der Waals surface area contributed by atoms with Gasteiger partial charge in [0.15, 0.2) is 0 Å². The Morgan fingerprint density at radius 1 is 1.50 bits per heavy atom. The second-order valence-corrected chi connectivity index (χ2v) is 4.10. The summed E-state index contributed by atoms with van der Waals surface area (Å²) in [5.74, 6) is -0.00406.